The van der Waals surface area contributed by atoms with E-state index in [1.54, 1.807) is 11.8 Å². The first kappa shape index (κ1) is 16.3. The van der Waals surface area contributed by atoms with Crippen molar-refractivity contribution in [3.8, 4) is 0 Å². The molecule has 0 N–H and O–H groups in total. The quantitative estimate of drug-likeness (QED) is 0.356. The van der Waals surface area contributed by atoms with E-state index < -0.39 is 0 Å². The summed E-state index contributed by atoms with van der Waals surface area (Å²) in [4.78, 5) is 13.0. The molecule has 0 aliphatic carbocycles. The summed E-state index contributed by atoms with van der Waals surface area (Å²) < 4.78 is 5.43. The number of hydrogen-bond donors (Lipinski definition) is 0. The number of Topliss-reactive ketones (excluding diaryl/α,β-unsaturated/α-hetero) is 1. The summed E-state index contributed by atoms with van der Waals surface area (Å²) in [5.74, 6) is 0.0706. The van der Waals surface area contributed by atoms with Gasteiger partial charge in [0.05, 0.1) is 0 Å². The second-order valence-electron chi connectivity index (χ2n) is 4.62. The van der Waals surface area contributed by atoms with Gasteiger partial charge in [0.25, 0.3) is 0 Å². The first-order chi connectivity index (χ1) is 9.27. The van der Waals surface area contributed by atoms with Crippen LogP contribution in [0.5, 0.6) is 0 Å². The molecule has 0 spiro atoms. The van der Waals surface area contributed by atoms with Gasteiger partial charge in [0, 0.05) is 17.1 Å². The molecule has 0 saturated heterocycles. The predicted molar refractivity (Wildman–Crippen MR) is 82.1 cm³/mol. The van der Waals surface area contributed by atoms with Gasteiger partial charge in [0.1, 0.15) is 6.61 Å². The fraction of sp³-hybridized carbons (Fsp3) is 0.562. The van der Waals surface area contributed by atoms with Gasteiger partial charge in [0.15, 0.2) is 5.78 Å². The molecule has 0 fully saturated rings. The van der Waals surface area contributed by atoms with E-state index in [1.165, 1.54) is 30.6 Å². The van der Waals surface area contributed by atoms with Crippen molar-refractivity contribution in [3.05, 3.63) is 29.8 Å². The molecule has 1 aromatic rings. The fourth-order valence-corrected chi connectivity index (χ4v) is 2.24. The first-order valence-electron chi connectivity index (χ1n) is 7.03. The van der Waals surface area contributed by atoms with Crippen molar-refractivity contribution in [2.24, 2.45) is 0 Å². The summed E-state index contributed by atoms with van der Waals surface area (Å²) in [6, 6.07) is 7.70. The number of carbonyl (C=O) groups excluding carboxylic acids is 1. The van der Waals surface area contributed by atoms with Crippen LogP contribution in [0, 0.1) is 0 Å². The zero-order chi connectivity index (χ0) is 13.9. The number of ether oxygens (including phenoxy) is 1. The molecule has 3 heteroatoms. The van der Waals surface area contributed by atoms with E-state index in [9.17, 15) is 4.79 Å². The largest absolute Gasteiger partial charge is 0.373 e. The van der Waals surface area contributed by atoms with E-state index in [-0.39, 0.29) is 12.4 Å². The third-order valence-electron chi connectivity index (χ3n) is 3.04. The Bertz CT molecular complexity index is 360. The highest BCUT2D eigenvalue weighted by atomic mass is 32.2. The van der Waals surface area contributed by atoms with Gasteiger partial charge in [-0.25, -0.2) is 0 Å². The molecule has 0 saturated carbocycles. The number of carbonyl (C=O) groups is 1. The molecule has 0 amide bonds. The van der Waals surface area contributed by atoms with Crippen molar-refractivity contribution in [1.29, 1.82) is 0 Å². The van der Waals surface area contributed by atoms with Crippen molar-refractivity contribution >= 4 is 17.5 Å². The second-order valence-corrected chi connectivity index (χ2v) is 5.50. The highest BCUT2D eigenvalue weighted by molar-refractivity contribution is 7.98. The first-order valence-corrected chi connectivity index (χ1v) is 8.25. The minimum Gasteiger partial charge on any atom is -0.373 e. The molecule has 1 aromatic carbocycles. The van der Waals surface area contributed by atoms with E-state index in [4.69, 9.17) is 4.74 Å². The van der Waals surface area contributed by atoms with Crippen molar-refractivity contribution in [2.45, 2.75) is 43.9 Å². The van der Waals surface area contributed by atoms with Crippen molar-refractivity contribution in [2.75, 3.05) is 19.5 Å². The molecule has 0 heterocycles. The van der Waals surface area contributed by atoms with Crippen molar-refractivity contribution < 1.29 is 9.53 Å². The van der Waals surface area contributed by atoms with Crippen LogP contribution in [0.25, 0.3) is 0 Å². The summed E-state index contributed by atoms with van der Waals surface area (Å²) >= 11 is 1.68. The number of hydrogen-bond acceptors (Lipinski definition) is 3. The standard InChI is InChI=1S/C16H24O2S/c1-3-4-5-6-7-12-18-13-16(17)14-8-10-15(19-2)11-9-14/h8-11H,3-7,12-13H2,1-2H3. The van der Waals surface area contributed by atoms with E-state index in [0.717, 1.165) is 12.0 Å². The molecule has 0 atom stereocenters. The van der Waals surface area contributed by atoms with E-state index >= 15 is 0 Å². The molecule has 0 aliphatic rings. The van der Waals surface area contributed by atoms with Gasteiger partial charge in [-0.3, -0.25) is 4.79 Å². The molecule has 106 valence electrons. The normalized spacial score (nSPS) is 10.6. The van der Waals surface area contributed by atoms with Crippen molar-refractivity contribution in [1.82, 2.24) is 0 Å². The van der Waals surface area contributed by atoms with E-state index in [2.05, 4.69) is 6.92 Å². The molecule has 1 rings (SSSR count). The van der Waals surface area contributed by atoms with Gasteiger partial charge in [-0.15, -0.1) is 11.8 Å². The number of benzene rings is 1. The monoisotopic (exact) mass is 280 g/mol. The Morgan fingerprint density at radius 2 is 1.79 bits per heavy atom. The van der Waals surface area contributed by atoms with Crippen molar-refractivity contribution in [3.63, 3.8) is 0 Å². The molecule has 19 heavy (non-hydrogen) atoms. The Labute approximate surface area is 120 Å². The minimum absolute atomic E-state index is 0.0706. The molecule has 0 unspecified atom stereocenters. The average molecular weight is 280 g/mol. The number of rotatable bonds is 10. The van der Waals surface area contributed by atoms with Crippen LogP contribution in [0.1, 0.15) is 49.4 Å². The summed E-state index contributed by atoms with van der Waals surface area (Å²) in [6.45, 7) is 3.10. The smallest absolute Gasteiger partial charge is 0.188 e. The fourth-order valence-electron chi connectivity index (χ4n) is 1.83. The van der Waals surface area contributed by atoms with Crippen LogP contribution in [0.4, 0.5) is 0 Å². The Balaban J connectivity index is 2.16. The molecule has 0 radical (unpaired) electrons. The maximum atomic E-state index is 11.8. The third-order valence-corrected chi connectivity index (χ3v) is 3.78. The summed E-state index contributed by atoms with van der Waals surface area (Å²) in [5, 5.41) is 0. The SMILES string of the molecule is CCCCCCCOCC(=O)c1ccc(SC)cc1. The Morgan fingerprint density at radius 1 is 1.11 bits per heavy atom. The number of unbranched alkanes of at least 4 members (excludes halogenated alkanes) is 4. The molecule has 0 bridgehead atoms. The Morgan fingerprint density at radius 3 is 2.42 bits per heavy atom. The summed E-state index contributed by atoms with van der Waals surface area (Å²) in [6.07, 6.45) is 8.09. The van der Waals surface area contributed by atoms with Gasteiger partial charge in [-0.05, 0) is 24.8 Å². The molecular weight excluding hydrogens is 256 g/mol. The average Bonchev–Trinajstić information content (AvgIpc) is 2.46. The topological polar surface area (TPSA) is 26.3 Å². The van der Waals surface area contributed by atoms with Gasteiger partial charge in [0.2, 0.25) is 0 Å². The number of thioether (sulfide) groups is 1. The van der Waals surface area contributed by atoms with E-state index in [1.807, 2.05) is 30.5 Å². The second kappa shape index (κ2) is 10.0. The zero-order valence-electron chi connectivity index (χ0n) is 12.0. The maximum absolute atomic E-state index is 11.8. The molecular formula is C16H24O2S. The lowest BCUT2D eigenvalue weighted by Crippen LogP contribution is -2.09. The van der Waals surface area contributed by atoms with Gasteiger partial charge >= 0.3 is 0 Å². The predicted octanol–water partition coefficient (Wildman–Crippen LogP) is 4.58. The van der Waals surface area contributed by atoms with Gasteiger partial charge in [-0.1, -0.05) is 44.7 Å². The van der Waals surface area contributed by atoms with Crippen LogP contribution >= 0.6 is 11.8 Å². The zero-order valence-corrected chi connectivity index (χ0v) is 12.8. The maximum Gasteiger partial charge on any atom is 0.188 e. The third kappa shape index (κ3) is 6.79. The van der Waals surface area contributed by atoms with Crippen LogP contribution in [0.2, 0.25) is 0 Å². The van der Waals surface area contributed by atoms with Crippen LogP contribution in [-0.4, -0.2) is 25.3 Å². The van der Waals surface area contributed by atoms with Crippen LogP contribution < -0.4 is 0 Å². The molecule has 0 aliphatic heterocycles. The minimum atomic E-state index is 0.0706. The van der Waals surface area contributed by atoms with Gasteiger partial charge < -0.3 is 4.74 Å². The van der Waals surface area contributed by atoms with E-state index in [0.29, 0.717) is 6.61 Å². The molecule has 0 aromatic heterocycles. The highest BCUT2D eigenvalue weighted by Crippen LogP contribution is 2.15. The molecule has 2 nitrogen and oxygen atoms in total. The summed E-state index contributed by atoms with van der Waals surface area (Å²) in [5.41, 5.74) is 0.740. The highest BCUT2D eigenvalue weighted by Gasteiger charge is 2.05. The van der Waals surface area contributed by atoms with Crippen LogP contribution in [-0.2, 0) is 4.74 Å². The Kier molecular flexibility index (Phi) is 8.59. The van der Waals surface area contributed by atoms with Crippen LogP contribution in [0.15, 0.2) is 29.2 Å². The lowest BCUT2D eigenvalue weighted by atomic mass is 10.1. The summed E-state index contributed by atoms with van der Waals surface area (Å²) in [7, 11) is 0. The lowest BCUT2D eigenvalue weighted by molar-refractivity contribution is 0.0752. The number of ketones is 1. The lowest BCUT2D eigenvalue weighted by Gasteiger charge is -2.04. The Hall–Kier alpha value is -0.800. The van der Waals surface area contributed by atoms with Gasteiger partial charge in [-0.2, -0.15) is 0 Å². The van der Waals surface area contributed by atoms with Crippen LogP contribution in [0.3, 0.4) is 0 Å².